The Bertz CT molecular complexity index is 812. The van der Waals surface area contributed by atoms with Crippen molar-refractivity contribution in [3.63, 3.8) is 0 Å². The van der Waals surface area contributed by atoms with Crippen molar-refractivity contribution in [1.82, 2.24) is 14.9 Å². The topological polar surface area (TPSA) is 46.1 Å². The first-order chi connectivity index (χ1) is 12.1. The van der Waals surface area contributed by atoms with E-state index >= 15 is 0 Å². The quantitative estimate of drug-likeness (QED) is 0.713. The maximum absolute atomic E-state index is 14.2. The summed E-state index contributed by atoms with van der Waals surface area (Å²) < 4.78 is 14.2. The highest BCUT2D eigenvalue weighted by atomic mass is 19.1. The lowest BCUT2D eigenvalue weighted by Crippen LogP contribution is -2.31. The third-order valence-electron chi connectivity index (χ3n) is 3.86. The second kappa shape index (κ2) is 7.66. The van der Waals surface area contributed by atoms with Crippen molar-refractivity contribution in [2.24, 2.45) is 0 Å². The average Bonchev–Trinajstić information content (AvgIpc) is 2.64. The molecule has 0 fully saturated rings. The molecule has 0 radical (unpaired) electrons. The van der Waals surface area contributed by atoms with E-state index in [2.05, 4.69) is 9.97 Å². The van der Waals surface area contributed by atoms with Gasteiger partial charge in [-0.05, 0) is 48.4 Å². The van der Waals surface area contributed by atoms with E-state index < -0.39 is 5.82 Å². The van der Waals surface area contributed by atoms with Crippen molar-refractivity contribution in [3.8, 4) is 0 Å². The molecule has 0 aliphatic heterocycles. The third-order valence-corrected chi connectivity index (χ3v) is 3.86. The Morgan fingerprint density at radius 2 is 1.76 bits per heavy atom. The molecule has 2 heterocycles. The number of hydrogen-bond acceptors (Lipinski definition) is 3. The summed E-state index contributed by atoms with van der Waals surface area (Å²) in [7, 11) is 0. The van der Waals surface area contributed by atoms with Crippen LogP contribution in [0.15, 0.2) is 67.3 Å². The lowest BCUT2D eigenvalue weighted by Gasteiger charge is -2.23. The van der Waals surface area contributed by atoms with E-state index in [4.69, 9.17) is 0 Å². The molecule has 0 spiro atoms. The number of halogens is 1. The Kier molecular flexibility index (Phi) is 5.14. The molecule has 0 bridgehead atoms. The van der Waals surface area contributed by atoms with E-state index in [9.17, 15) is 9.18 Å². The summed E-state index contributed by atoms with van der Waals surface area (Å²) in [5.41, 5.74) is 2.74. The highest BCUT2D eigenvalue weighted by Gasteiger charge is 2.20. The van der Waals surface area contributed by atoms with Gasteiger partial charge in [0.05, 0.1) is 5.56 Å². The normalized spacial score (nSPS) is 10.5. The lowest BCUT2D eigenvalue weighted by atomic mass is 10.1. The molecule has 126 valence electrons. The van der Waals surface area contributed by atoms with Gasteiger partial charge in [0.2, 0.25) is 0 Å². The van der Waals surface area contributed by atoms with E-state index in [-0.39, 0.29) is 11.5 Å². The van der Waals surface area contributed by atoms with Crippen LogP contribution in [0.4, 0.5) is 4.39 Å². The van der Waals surface area contributed by atoms with Crippen LogP contribution in [0, 0.1) is 12.7 Å². The second-order valence-corrected chi connectivity index (χ2v) is 5.86. The van der Waals surface area contributed by atoms with Crippen molar-refractivity contribution in [3.05, 3.63) is 95.3 Å². The standard InChI is InChI=1S/C20H18FN3O/c1-15-4-5-19(21)18(11-15)20(25)24(13-16-6-9-22-10-7-16)14-17-3-2-8-23-12-17/h2-12H,13-14H2,1H3. The largest absolute Gasteiger partial charge is 0.330 e. The zero-order valence-corrected chi connectivity index (χ0v) is 13.9. The van der Waals surface area contributed by atoms with Crippen molar-refractivity contribution in [1.29, 1.82) is 0 Å². The molecule has 1 amide bonds. The Morgan fingerprint density at radius 1 is 1.00 bits per heavy atom. The van der Waals surface area contributed by atoms with Gasteiger partial charge in [0, 0.05) is 37.9 Å². The molecule has 5 heteroatoms. The van der Waals surface area contributed by atoms with Crippen LogP contribution in [0.5, 0.6) is 0 Å². The minimum Gasteiger partial charge on any atom is -0.330 e. The maximum atomic E-state index is 14.2. The minimum absolute atomic E-state index is 0.0814. The zero-order valence-electron chi connectivity index (χ0n) is 13.9. The van der Waals surface area contributed by atoms with Gasteiger partial charge >= 0.3 is 0 Å². The molecule has 3 aromatic rings. The average molecular weight is 335 g/mol. The Morgan fingerprint density at radius 3 is 2.48 bits per heavy atom. The van der Waals surface area contributed by atoms with Crippen LogP contribution in [0.2, 0.25) is 0 Å². The van der Waals surface area contributed by atoms with Crippen LogP contribution < -0.4 is 0 Å². The number of aromatic nitrogens is 2. The van der Waals surface area contributed by atoms with Crippen molar-refractivity contribution in [2.45, 2.75) is 20.0 Å². The Balaban J connectivity index is 1.92. The molecule has 25 heavy (non-hydrogen) atoms. The highest BCUT2D eigenvalue weighted by molar-refractivity contribution is 5.94. The van der Waals surface area contributed by atoms with E-state index in [1.807, 2.05) is 31.2 Å². The summed E-state index contributed by atoms with van der Waals surface area (Å²) >= 11 is 0. The summed E-state index contributed by atoms with van der Waals surface area (Å²) in [6.45, 7) is 2.55. The second-order valence-electron chi connectivity index (χ2n) is 5.86. The molecule has 1 aromatic carbocycles. The molecule has 0 N–H and O–H groups in total. The smallest absolute Gasteiger partial charge is 0.257 e. The fourth-order valence-electron chi connectivity index (χ4n) is 2.59. The molecule has 0 atom stereocenters. The molecule has 2 aromatic heterocycles. The molecular formula is C20H18FN3O. The van der Waals surface area contributed by atoms with Gasteiger partial charge in [0.1, 0.15) is 5.82 Å². The number of rotatable bonds is 5. The number of aryl methyl sites for hydroxylation is 1. The number of amides is 1. The van der Waals surface area contributed by atoms with Crippen molar-refractivity contribution >= 4 is 5.91 Å². The predicted octanol–water partition coefficient (Wildman–Crippen LogP) is 3.77. The van der Waals surface area contributed by atoms with Gasteiger partial charge in [-0.25, -0.2) is 4.39 Å². The summed E-state index contributed by atoms with van der Waals surface area (Å²) in [5.74, 6) is -0.858. The maximum Gasteiger partial charge on any atom is 0.257 e. The first-order valence-electron chi connectivity index (χ1n) is 7.97. The molecule has 0 aliphatic rings. The van der Waals surface area contributed by atoms with Crippen molar-refractivity contribution in [2.75, 3.05) is 0 Å². The molecule has 0 saturated heterocycles. The van der Waals surface area contributed by atoms with Crippen LogP contribution >= 0.6 is 0 Å². The van der Waals surface area contributed by atoms with Gasteiger partial charge < -0.3 is 4.90 Å². The van der Waals surface area contributed by atoms with Crippen LogP contribution in [0.1, 0.15) is 27.0 Å². The SMILES string of the molecule is Cc1ccc(F)c(C(=O)N(Cc2ccncc2)Cc2cccnc2)c1. The Labute approximate surface area is 146 Å². The van der Waals surface area contributed by atoms with Gasteiger partial charge in [-0.2, -0.15) is 0 Å². The van der Waals surface area contributed by atoms with Crippen LogP contribution in [-0.4, -0.2) is 20.8 Å². The number of carbonyl (C=O) groups excluding carboxylic acids is 1. The fourth-order valence-corrected chi connectivity index (χ4v) is 2.59. The molecule has 4 nitrogen and oxygen atoms in total. The molecule has 0 aliphatic carbocycles. The van der Waals surface area contributed by atoms with Crippen LogP contribution in [0.25, 0.3) is 0 Å². The monoisotopic (exact) mass is 335 g/mol. The van der Waals surface area contributed by atoms with E-state index in [0.29, 0.717) is 13.1 Å². The predicted molar refractivity (Wildman–Crippen MR) is 93.2 cm³/mol. The number of benzene rings is 1. The van der Waals surface area contributed by atoms with Crippen molar-refractivity contribution < 1.29 is 9.18 Å². The highest BCUT2D eigenvalue weighted by Crippen LogP contribution is 2.17. The van der Waals surface area contributed by atoms with Crippen LogP contribution in [0.3, 0.4) is 0 Å². The molecule has 3 rings (SSSR count). The first kappa shape index (κ1) is 16.8. The number of pyridine rings is 2. The molecule has 0 unspecified atom stereocenters. The molecule has 0 saturated carbocycles. The van der Waals surface area contributed by atoms with Gasteiger partial charge in [-0.3, -0.25) is 14.8 Å². The van der Waals surface area contributed by atoms with E-state index in [0.717, 1.165) is 16.7 Å². The van der Waals surface area contributed by atoms with E-state index in [1.54, 1.807) is 41.8 Å². The van der Waals surface area contributed by atoms with Crippen LogP contribution in [-0.2, 0) is 13.1 Å². The summed E-state index contributed by atoms with van der Waals surface area (Å²) in [5, 5.41) is 0. The summed E-state index contributed by atoms with van der Waals surface area (Å²) in [4.78, 5) is 22.7. The number of hydrogen-bond donors (Lipinski definition) is 0. The first-order valence-corrected chi connectivity index (χ1v) is 7.97. The Hall–Kier alpha value is -3.08. The van der Waals surface area contributed by atoms with Gasteiger partial charge in [-0.15, -0.1) is 0 Å². The summed E-state index contributed by atoms with van der Waals surface area (Å²) in [6, 6.07) is 12.0. The fraction of sp³-hybridized carbons (Fsp3) is 0.150. The number of carbonyl (C=O) groups is 1. The summed E-state index contributed by atoms with van der Waals surface area (Å²) in [6.07, 6.45) is 6.74. The van der Waals surface area contributed by atoms with Gasteiger partial charge in [-0.1, -0.05) is 17.7 Å². The van der Waals surface area contributed by atoms with Gasteiger partial charge in [0.15, 0.2) is 0 Å². The number of nitrogens with zero attached hydrogens (tertiary/aromatic N) is 3. The third kappa shape index (κ3) is 4.26. The zero-order chi connectivity index (χ0) is 17.6. The van der Waals surface area contributed by atoms with E-state index in [1.165, 1.54) is 6.07 Å². The lowest BCUT2D eigenvalue weighted by molar-refractivity contribution is 0.0725. The van der Waals surface area contributed by atoms with Gasteiger partial charge in [0.25, 0.3) is 5.91 Å². The minimum atomic E-state index is -0.512. The molecular weight excluding hydrogens is 317 g/mol.